The summed E-state index contributed by atoms with van der Waals surface area (Å²) in [6, 6.07) is 0. The van der Waals surface area contributed by atoms with Crippen molar-refractivity contribution in [3.05, 3.63) is 0 Å². The van der Waals surface area contributed by atoms with Crippen LogP contribution in [-0.2, 0) is 0 Å². The van der Waals surface area contributed by atoms with Gasteiger partial charge in [-0.3, -0.25) is 0 Å². The van der Waals surface area contributed by atoms with Gasteiger partial charge in [0.15, 0.2) is 15.4 Å². The molecule has 0 heterocycles. The second kappa shape index (κ2) is 4.04. The van der Waals surface area contributed by atoms with Gasteiger partial charge in [-0.2, -0.15) is 0 Å². The van der Waals surface area contributed by atoms with E-state index in [0.29, 0.717) is 0 Å². The zero-order valence-corrected chi connectivity index (χ0v) is 6.31. The van der Waals surface area contributed by atoms with Crippen LogP contribution < -0.4 is 0 Å². The van der Waals surface area contributed by atoms with Gasteiger partial charge in [-0.1, -0.05) is 6.82 Å². The van der Waals surface area contributed by atoms with Crippen molar-refractivity contribution in [2.24, 2.45) is 0 Å². The molecule has 0 N–H and O–H groups in total. The van der Waals surface area contributed by atoms with Crippen molar-refractivity contribution in [1.29, 1.82) is 0 Å². The first-order chi connectivity index (χ1) is 3.66. The summed E-state index contributed by atoms with van der Waals surface area (Å²) in [5.74, 6) is 0. The zero-order valence-electron chi connectivity index (χ0n) is 6.31. The first-order valence-electron chi connectivity index (χ1n) is 3.00. The summed E-state index contributed by atoms with van der Waals surface area (Å²) < 4.78 is 4.41. The number of hydrogen-bond acceptors (Lipinski definition) is 2. The zero-order chi connectivity index (χ0) is 6.57. The van der Waals surface area contributed by atoms with Gasteiger partial charge in [0.05, 0.1) is 0 Å². The molecule has 0 fully saturated rings. The summed E-state index contributed by atoms with van der Waals surface area (Å²) >= 11 is 0. The first-order valence-corrected chi connectivity index (χ1v) is 3.00. The van der Waals surface area contributed by atoms with E-state index in [-0.39, 0.29) is 0 Å². The Morgan fingerprint density at radius 1 is 1.38 bits per heavy atom. The van der Waals surface area contributed by atoms with E-state index in [1.807, 2.05) is 0 Å². The molecule has 0 radical (unpaired) electrons. The molecule has 0 aliphatic carbocycles. The molecule has 0 aromatic heterocycles. The maximum Gasteiger partial charge on any atom is 0.267 e. The maximum absolute atomic E-state index is 2.25. The molecule has 0 unspecified atom stereocenters. The molecule has 0 aliphatic rings. The summed E-state index contributed by atoms with van der Waals surface area (Å²) in [6.45, 7) is 2.16. The molecule has 0 aliphatic heterocycles. The molecule has 8 heavy (non-hydrogen) atoms. The van der Waals surface area contributed by atoms with Crippen LogP contribution in [0.2, 0.25) is 6.82 Å². The molecule has 2 nitrogen and oxygen atoms in total. The summed E-state index contributed by atoms with van der Waals surface area (Å²) in [7, 11) is 8.44. The van der Waals surface area contributed by atoms with Gasteiger partial charge < -0.3 is 9.44 Å². The molecule has 5 heteroatoms. The largest absolute Gasteiger partial charge is 0.382 e. The minimum atomic E-state index is 1.05. The van der Waals surface area contributed by atoms with Crippen molar-refractivity contribution in [1.82, 2.24) is 9.44 Å². The van der Waals surface area contributed by atoms with Crippen molar-refractivity contribution in [2.45, 2.75) is 6.82 Å². The van der Waals surface area contributed by atoms with Crippen LogP contribution in [0, 0.1) is 0 Å². The fourth-order valence-corrected chi connectivity index (χ4v) is 0.583. The Morgan fingerprint density at radius 3 is 2.00 bits per heavy atom. The topological polar surface area (TPSA) is 6.48 Å². The van der Waals surface area contributed by atoms with E-state index in [1.165, 1.54) is 0 Å². The number of rotatable bonds is 3. The molecule has 0 aromatic rings. The van der Waals surface area contributed by atoms with Gasteiger partial charge >= 0.3 is 0 Å². The Bertz CT molecular complexity index is 58.5. The second-order valence-corrected chi connectivity index (χ2v) is 2.39. The highest BCUT2D eigenvalue weighted by Crippen LogP contribution is 1.74. The summed E-state index contributed by atoms with van der Waals surface area (Å²) in [6.07, 6.45) is 0. The molecule has 0 amide bonds. The van der Waals surface area contributed by atoms with Gasteiger partial charge in [-0.25, -0.2) is 0 Å². The Labute approximate surface area is 54.2 Å². The van der Waals surface area contributed by atoms with Crippen LogP contribution in [0.25, 0.3) is 0 Å². The monoisotopic (exact) mass is 110 g/mol. The molecule has 0 saturated carbocycles. The predicted molar refractivity (Wildman–Crippen MR) is 44.2 cm³/mol. The molecule has 0 atom stereocenters. The maximum atomic E-state index is 2.25. The third-order valence-corrected chi connectivity index (χ3v) is 1.06. The van der Waals surface area contributed by atoms with Crippen molar-refractivity contribution in [3.63, 3.8) is 0 Å². The lowest BCUT2D eigenvalue weighted by Crippen LogP contribution is -2.36. The fraction of sp³-hybridized carbons (Fsp3) is 1.00. The van der Waals surface area contributed by atoms with Crippen molar-refractivity contribution >= 4 is 22.9 Å². The quantitative estimate of drug-likeness (QED) is 0.390. The van der Waals surface area contributed by atoms with Gasteiger partial charge in [0.2, 0.25) is 0 Å². The molecule has 0 bridgehead atoms. The highest BCUT2D eigenvalue weighted by molar-refractivity contribution is 6.51. The number of nitrogens with zero attached hydrogens (tertiary/aromatic N) is 2. The molecular formula is C3H13B3N2. The Morgan fingerprint density at radius 2 is 1.88 bits per heavy atom. The molecule has 44 valence electrons. The van der Waals surface area contributed by atoms with Crippen molar-refractivity contribution in [2.75, 3.05) is 14.1 Å². The van der Waals surface area contributed by atoms with Crippen LogP contribution in [0.3, 0.4) is 0 Å². The van der Waals surface area contributed by atoms with E-state index in [9.17, 15) is 0 Å². The van der Waals surface area contributed by atoms with Gasteiger partial charge in [0, 0.05) is 0 Å². The standard InChI is InChI=1S/C3H13B3N2/c1-5-8(3)6-7(2)4/h5-6H,4H2,1-3H3. The van der Waals surface area contributed by atoms with Crippen molar-refractivity contribution < 1.29 is 0 Å². The summed E-state index contributed by atoms with van der Waals surface area (Å²) in [4.78, 5) is 0. The average Bonchev–Trinajstić information content (AvgIpc) is 1.65. The lowest BCUT2D eigenvalue weighted by atomic mass is 9.85. The van der Waals surface area contributed by atoms with Crippen molar-refractivity contribution in [3.8, 4) is 0 Å². The predicted octanol–water partition coefficient (Wildman–Crippen LogP) is -1.94. The van der Waals surface area contributed by atoms with E-state index < -0.39 is 0 Å². The minimum Gasteiger partial charge on any atom is -0.382 e. The van der Waals surface area contributed by atoms with Gasteiger partial charge in [-0.15, -0.1) is 0 Å². The molecule has 0 rings (SSSR count). The SMILES string of the molecule is BN(C)BN(C)BC. The van der Waals surface area contributed by atoms with Crippen LogP contribution in [0.1, 0.15) is 0 Å². The highest BCUT2D eigenvalue weighted by Gasteiger charge is 1.97. The molecule has 0 saturated heterocycles. The van der Waals surface area contributed by atoms with Crippen LogP contribution in [0.5, 0.6) is 0 Å². The Hall–Kier alpha value is 0.115. The van der Waals surface area contributed by atoms with Gasteiger partial charge in [0.1, 0.15) is 0 Å². The van der Waals surface area contributed by atoms with Crippen LogP contribution in [0.15, 0.2) is 0 Å². The second-order valence-electron chi connectivity index (χ2n) is 2.39. The summed E-state index contributed by atoms with van der Waals surface area (Å²) in [5, 5.41) is 0. The van der Waals surface area contributed by atoms with Gasteiger partial charge in [-0.05, 0) is 14.1 Å². The third-order valence-electron chi connectivity index (χ3n) is 1.06. The van der Waals surface area contributed by atoms with Crippen LogP contribution in [0.4, 0.5) is 0 Å². The number of hydrogen-bond donors (Lipinski definition) is 0. The van der Waals surface area contributed by atoms with Crippen LogP contribution in [-0.4, -0.2) is 46.5 Å². The first kappa shape index (κ1) is 8.11. The molecular weight excluding hydrogens is 96.5 g/mol. The highest BCUT2D eigenvalue weighted by atomic mass is 15.1. The Kier molecular flexibility index (Phi) is 4.10. The normalized spacial score (nSPS) is 10.1. The van der Waals surface area contributed by atoms with E-state index in [1.54, 1.807) is 0 Å². The lowest BCUT2D eigenvalue weighted by molar-refractivity contribution is 0.735. The minimum absolute atomic E-state index is 1.05. The van der Waals surface area contributed by atoms with E-state index in [4.69, 9.17) is 0 Å². The smallest absolute Gasteiger partial charge is 0.267 e. The fourth-order valence-electron chi connectivity index (χ4n) is 0.583. The van der Waals surface area contributed by atoms with E-state index >= 15 is 0 Å². The van der Waals surface area contributed by atoms with E-state index in [2.05, 4.69) is 38.3 Å². The Balaban J connectivity index is 3.10. The van der Waals surface area contributed by atoms with Crippen LogP contribution >= 0.6 is 0 Å². The molecule has 0 aromatic carbocycles. The van der Waals surface area contributed by atoms with Gasteiger partial charge in [0.25, 0.3) is 7.55 Å². The van der Waals surface area contributed by atoms with E-state index in [0.717, 1.165) is 15.0 Å². The lowest BCUT2D eigenvalue weighted by Gasteiger charge is -2.16. The summed E-state index contributed by atoms with van der Waals surface area (Å²) in [5.41, 5.74) is 0. The molecule has 0 spiro atoms. The third kappa shape index (κ3) is 4.28. The average molecular weight is 110 g/mol.